The Kier molecular flexibility index (Phi) is 7.15. The van der Waals surface area contributed by atoms with E-state index >= 15 is 0 Å². The number of nitrogens with one attached hydrogen (secondary N) is 2. The summed E-state index contributed by atoms with van der Waals surface area (Å²) in [6, 6.07) is 8.53. The highest BCUT2D eigenvalue weighted by atomic mass is 32.2. The molecular weight excluding hydrogens is 412 g/mol. The second-order valence-electron chi connectivity index (χ2n) is 8.93. The van der Waals surface area contributed by atoms with Crippen molar-refractivity contribution in [3.8, 4) is 0 Å². The Morgan fingerprint density at radius 1 is 1.03 bits per heavy atom. The molecule has 1 aromatic carbocycles. The fourth-order valence-corrected chi connectivity index (χ4v) is 6.13. The molecule has 3 aliphatic rings. The average Bonchev–Trinajstić information content (AvgIpc) is 3.63. The Hall–Kier alpha value is -1.68. The number of hydrogen-bond donors (Lipinski definition) is 2. The van der Waals surface area contributed by atoms with E-state index in [1.165, 1.54) is 12.8 Å². The molecule has 2 saturated heterocycles. The van der Waals surface area contributed by atoms with E-state index in [1.54, 1.807) is 23.5 Å². The first kappa shape index (κ1) is 22.5. The van der Waals surface area contributed by atoms with Gasteiger partial charge in [-0.1, -0.05) is 18.2 Å². The number of guanidine groups is 1. The van der Waals surface area contributed by atoms with Crippen molar-refractivity contribution < 1.29 is 8.42 Å². The fraction of sp³-hybridized carbons (Fsp3) is 0.682. The quantitative estimate of drug-likeness (QED) is 0.498. The van der Waals surface area contributed by atoms with Crippen LogP contribution >= 0.6 is 0 Å². The van der Waals surface area contributed by atoms with Crippen LogP contribution in [-0.4, -0.2) is 93.9 Å². The van der Waals surface area contributed by atoms with E-state index in [9.17, 15) is 8.42 Å². The Balaban J connectivity index is 1.35. The van der Waals surface area contributed by atoms with Crippen molar-refractivity contribution in [1.82, 2.24) is 24.7 Å². The maximum absolute atomic E-state index is 13.3. The largest absolute Gasteiger partial charge is 0.354 e. The highest BCUT2D eigenvalue weighted by Gasteiger charge is 2.32. The molecule has 8 nitrogen and oxygen atoms in total. The summed E-state index contributed by atoms with van der Waals surface area (Å²) in [7, 11) is 0.284. The van der Waals surface area contributed by atoms with Gasteiger partial charge in [0.1, 0.15) is 0 Å². The smallest absolute Gasteiger partial charge is 0.243 e. The molecule has 31 heavy (non-hydrogen) atoms. The number of benzene rings is 1. The van der Waals surface area contributed by atoms with Crippen molar-refractivity contribution in [3.05, 3.63) is 29.8 Å². The van der Waals surface area contributed by atoms with Crippen molar-refractivity contribution in [2.45, 2.75) is 49.2 Å². The number of piperidine rings is 1. The number of sulfonamides is 1. The second kappa shape index (κ2) is 9.85. The fourth-order valence-electron chi connectivity index (χ4n) is 4.48. The van der Waals surface area contributed by atoms with Crippen LogP contribution in [0.4, 0.5) is 0 Å². The lowest BCUT2D eigenvalue weighted by molar-refractivity contribution is 0.197. The second-order valence-corrected chi connectivity index (χ2v) is 10.8. The summed E-state index contributed by atoms with van der Waals surface area (Å²) in [4.78, 5) is 9.52. The molecule has 2 heterocycles. The maximum Gasteiger partial charge on any atom is 0.243 e. The summed E-state index contributed by atoms with van der Waals surface area (Å²) >= 11 is 0. The zero-order chi connectivity index (χ0) is 21.8. The highest BCUT2D eigenvalue weighted by Crippen LogP contribution is 2.29. The molecule has 4 rings (SSSR count). The Morgan fingerprint density at radius 2 is 1.71 bits per heavy atom. The number of hydrogen-bond acceptors (Lipinski definition) is 5. The van der Waals surface area contributed by atoms with E-state index in [4.69, 9.17) is 0 Å². The van der Waals surface area contributed by atoms with Crippen molar-refractivity contribution in [1.29, 1.82) is 0 Å². The molecule has 1 aliphatic carbocycles. The van der Waals surface area contributed by atoms with Crippen LogP contribution in [0.25, 0.3) is 0 Å². The van der Waals surface area contributed by atoms with Gasteiger partial charge in [0.25, 0.3) is 0 Å². The van der Waals surface area contributed by atoms with Crippen LogP contribution in [0.15, 0.2) is 34.2 Å². The summed E-state index contributed by atoms with van der Waals surface area (Å²) in [5.74, 6) is 0.733. The average molecular weight is 449 g/mol. The lowest BCUT2D eigenvalue weighted by atomic mass is 10.1. The van der Waals surface area contributed by atoms with Gasteiger partial charge in [-0.3, -0.25) is 4.99 Å². The number of aliphatic imine (C=N–C) groups is 1. The molecule has 3 fully saturated rings. The molecule has 2 aliphatic heterocycles. The molecule has 0 atom stereocenters. The Morgan fingerprint density at radius 3 is 2.35 bits per heavy atom. The third-order valence-electron chi connectivity index (χ3n) is 6.66. The molecule has 0 bridgehead atoms. The van der Waals surface area contributed by atoms with Crippen LogP contribution in [0.5, 0.6) is 0 Å². The van der Waals surface area contributed by atoms with Crippen LogP contribution in [0, 0.1) is 0 Å². The monoisotopic (exact) mass is 448 g/mol. The first-order valence-electron chi connectivity index (χ1n) is 11.4. The first-order chi connectivity index (χ1) is 15.0. The summed E-state index contributed by atoms with van der Waals surface area (Å²) in [6.45, 7) is 5.29. The SMILES string of the molecule is CN=C(NCc1ccccc1S(=O)(=O)N1CCN(C)CC1)NC1CCN(C2CC2)CC1. The normalized spacial score (nSPS) is 23.1. The summed E-state index contributed by atoms with van der Waals surface area (Å²) in [5, 5.41) is 6.86. The predicted molar refractivity (Wildman–Crippen MR) is 124 cm³/mol. The van der Waals surface area contributed by atoms with E-state index in [-0.39, 0.29) is 0 Å². The summed E-state index contributed by atoms with van der Waals surface area (Å²) < 4.78 is 28.1. The van der Waals surface area contributed by atoms with E-state index in [0.29, 0.717) is 30.6 Å². The highest BCUT2D eigenvalue weighted by molar-refractivity contribution is 7.89. The van der Waals surface area contributed by atoms with Gasteiger partial charge in [0.05, 0.1) is 4.90 Å². The zero-order valence-electron chi connectivity index (χ0n) is 18.8. The zero-order valence-corrected chi connectivity index (χ0v) is 19.6. The van der Waals surface area contributed by atoms with Crippen LogP contribution in [0.2, 0.25) is 0 Å². The molecule has 0 unspecified atom stereocenters. The van der Waals surface area contributed by atoms with E-state index in [1.807, 2.05) is 19.2 Å². The molecule has 9 heteroatoms. The minimum atomic E-state index is -3.51. The van der Waals surface area contributed by atoms with Gasteiger partial charge in [0, 0.05) is 64.9 Å². The van der Waals surface area contributed by atoms with Crippen LogP contribution in [-0.2, 0) is 16.6 Å². The number of likely N-dealkylation sites (tertiary alicyclic amines) is 1. The molecule has 2 N–H and O–H groups in total. The molecule has 0 amide bonds. The molecule has 0 spiro atoms. The molecular formula is C22H36N6O2S. The van der Waals surface area contributed by atoms with Crippen molar-refractivity contribution >= 4 is 16.0 Å². The lowest BCUT2D eigenvalue weighted by Gasteiger charge is -2.33. The topological polar surface area (TPSA) is 80.3 Å². The van der Waals surface area contributed by atoms with Gasteiger partial charge < -0.3 is 20.4 Å². The van der Waals surface area contributed by atoms with E-state index < -0.39 is 10.0 Å². The van der Waals surface area contributed by atoms with E-state index in [0.717, 1.165) is 56.6 Å². The molecule has 172 valence electrons. The van der Waals surface area contributed by atoms with Crippen molar-refractivity contribution in [2.24, 2.45) is 4.99 Å². The summed E-state index contributed by atoms with van der Waals surface area (Å²) in [6.07, 6.45) is 4.95. The number of rotatable bonds is 6. The van der Waals surface area contributed by atoms with Crippen LogP contribution in [0.3, 0.4) is 0 Å². The predicted octanol–water partition coefficient (Wildman–Crippen LogP) is 0.915. The standard InChI is InChI=1S/C22H36N6O2S/c1-23-22(25-19-9-11-27(12-10-19)20-7-8-20)24-17-18-5-3-4-6-21(18)31(29,30)28-15-13-26(2)14-16-28/h3-6,19-20H,7-17H2,1-2H3,(H2,23,24,25). The van der Waals surface area contributed by atoms with Crippen LogP contribution < -0.4 is 10.6 Å². The summed E-state index contributed by atoms with van der Waals surface area (Å²) in [5.41, 5.74) is 0.771. The third kappa shape index (κ3) is 5.58. The van der Waals surface area contributed by atoms with Gasteiger partial charge in [-0.2, -0.15) is 4.31 Å². The number of piperazine rings is 1. The van der Waals surface area contributed by atoms with Crippen molar-refractivity contribution in [3.63, 3.8) is 0 Å². The van der Waals surface area contributed by atoms with Gasteiger partial charge in [-0.05, 0) is 44.4 Å². The van der Waals surface area contributed by atoms with Gasteiger partial charge in [-0.15, -0.1) is 0 Å². The number of likely N-dealkylation sites (N-methyl/N-ethyl adjacent to an activating group) is 1. The van der Waals surface area contributed by atoms with Crippen LogP contribution in [0.1, 0.15) is 31.2 Å². The molecule has 1 saturated carbocycles. The van der Waals surface area contributed by atoms with E-state index in [2.05, 4.69) is 25.4 Å². The van der Waals surface area contributed by atoms with Gasteiger partial charge >= 0.3 is 0 Å². The Bertz CT molecular complexity index is 870. The maximum atomic E-state index is 13.3. The van der Waals surface area contributed by atoms with Gasteiger partial charge in [0.2, 0.25) is 10.0 Å². The molecule has 0 aromatic heterocycles. The van der Waals surface area contributed by atoms with Crippen molar-refractivity contribution in [2.75, 3.05) is 53.4 Å². The lowest BCUT2D eigenvalue weighted by Crippen LogP contribution is -2.49. The number of nitrogens with zero attached hydrogens (tertiary/aromatic N) is 4. The van der Waals surface area contributed by atoms with Gasteiger partial charge in [-0.25, -0.2) is 8.42 Å². The first-order valence-corrected chi connectivity index (χ1v) is 12.9. The third-order valence-corrected chi connectivity index (χ3v) is 8.66. The minimum absolute atomic E-state index is 0.389. The molecule has 0 radical (unpaired) electrons. The van der Waals surface area contributed by atoms with Gasteiger partial charge in [0.15, 0.2) is 5.96 Å². The minimum Gasteiger partial charge on any atom is -0.354 e. The molecule has 1 aromatic rings. The Labute approximate surface area is 186 Å².